The lowest BCUT2D eigenvalue weighted by atomic mass is 9.75. The van der Waals surface area contributed by atoms with Gasteiger partial charge in [-0.3, -0.25) is 4.79 Å². The van der Waals surface area contributed by atoms with E-state index in [1.54, 1.807) is 6.07 Å². The molecular formula is C11H12ClNO. The molecule has 2 nitrogen and oxygen atoms in total. The van der Waals surface area contributed by atoms with Gasteiger partial charge < -0.3 is 0 Å². The average Bonchev–Trinajstić information content (AvgIpc) is 2.05. The highest BCUT2D eigenvalue weighted by atomic mass is 35.5. The first kappa shape index (κ1) is 9.66. The van der Waals surface area contributed by atoms with Gasteiger partial charge in [0, 0.05) is 6.42 Å². The van der Waals surface area contributed by atoms with Crippen molar-refractivity contribution in [2.45, 2.75) is 26.7 Å². The maximum absolute atomic E-state index is 11.7. The van der Waals surface area contributed by atoms with Crippen LogP contribution < -0.4 is 0 Å². The Bertz CT molecular complexity index is 398. The van der Waals surface area contributed by atoms with E-state index in [9.17, 15) is 4.79 Å². The molecule has 0 atom stereocenters. The van der Waals surface area contributed by atoms with Crippen LogP contribution in [-0.2, 0) is 6.42 Å². The van der Waals surface area contributed by atoms with Gasteiger partial charge in [0.15, 0.2) is 5.78 Å². The van der Waals surface area contributed by atoms with Gasteiger partial charge >= 0.3 is 0 Å². The number of ketones is 1. The SMILES string of the molecule is CC1(C)CC(=O)c2nc(Cl)ccc2C1. The summed E-state index contributed by atoms with van der Waals surface area (Å²) in [6, 6.07) is 3.65. The molecule has 1 aromatic rings. The summed E-state index contributed by atoms with van der Waals surface area (Å²) in [6.07, 6.45) is 1.46. The van der Waals surface area contributed by atoms with Crippen LogP contribution in [-0.4, -0.2) is 10.8 Å². The smallest absolute Gasteiger partial charge is 0.182 e. The summed E-state index contributed by atoms with van der Waals surface area (Å²) in [5.74, 6) is 0.110. The molecule has 0 saturated heterocycles. The Morgan fingerprint density at radius 2 is 2.07 bits per heavy atom. The van der Waals surface area contributed by atoms with E-state index in [0.717, 1.165) is 12.0 Å². The van der Waals surface area contributed by atoms with E-state index >= 15 is 0 Å². The highest BCUT2D eigenvalue weighted by Gasteiger charge is 2.31. The molecular weight excluding hydrogens is 198 g/mol. The third-order valence-electron chi connectivity index (χ3n) is 2.52. The highest BCUT2D eigenvalue weighted by molar-refractivity contribution is 6.29. The first-order chi connectivity index (χ1) is 6.48. The molecule has 0 saturated carbocycles. The van der Waals surface area contributed by atoms with Gasteiger partial charge in [0.25, 0.3) is 0 Å². The Labute approximate surface area is 88.3 Å². The normalized spacial score (nSPS) is 19.2. The Morgan fingerprint density at radius 3 is 2.79 bits per heavy atom. The quantitative estimate of drug-likeness (QED) is 0.615. The average molecular weight is 210 g/mol. The van der Waals surface area contributed by atoms with Crippen LogP contribution >= 0.6 is 11.6 Å². The molecule has 0 bridgehead atoms. The highest BCUT2D eigenvalue weighted by Crippen LogP contribution is 2.34. The number of nitrogens with zero attached hydrogens (tertiary/aromatic N) is 1. The lowest BCUT2D eigenvalue weighted by Gasteiger charge is -2.29. The van der Waals surface area contributed by atoms with Crippen molar-refractivity contribution in [3.8, 4) is 0 Å². The minimum absolute atomic E-state index is 0.0552. The number of fused-ring (bicyclic) bond motifs is 1. The van der Waals surface area contributed by atoms with Crippen LogP contribution in [0.4, 0.5) is 0 Å². The summed E-state index contributed by atoms with van der Waals surface area (Å²) in [5, 5.41) is 0.400. The number of Topliss-reactive ketones (excluding diaryl/α,β-unsaturated/α-hetero) is 1. The van der Waals surface area contributed by atoms with Gasteiger partial charge in [0.1, 0.15) is 10.8 Å². The van der Waals surface area contributed by atoms with Crippen LogP contribution in [0.2, 0.25) is 5.15 Å². The zero-order valence-electron chi connectivity index (χ0n) is 8.30. The molecule has 3 heteroatoms. The van der Waals surface area contributed by atoms with Gasteiger partial charge in [0.05, 0.1) is 0 Å². The van der Waals surface area contributed by atoms with Crippen LogP contribution in [0.15, 0.2) is 12.1 Å². The van der Waals surface area contributed by atoms with E-state index in [2.05, 4.69) is 18.8 Å². The minimum Gasteiger partial charge on any atom is -0.292 e. The molecule has 0 radical (unpaired) electrons. The fraction of sp³-hybridized carbons (Fsp3) is 0.455. The monoisotopic (exact) mass is 209 g/mol. The number of halogens is 1. The standard InChI is InChI=1S/C11H12ClNO/c1-11(2)5-7-3-4-9(12)13-10(7)8(14)6-11/h3-4H,5-6H2,1-2H3. The van der Waals surface area contributed by atoms with Crippen molar-refractivity contribution in [1.82, 2.24) is 4.98 Å². The molecule has 2 rings (SSSR count). The zero-order chi connectivity index (χ0) is 10.3. The number of rotatable bonds is 0. The number of carbonyl (C=O) groups excluding carboxylic acids is 1. The Kier molecular flexibility index (Phi) is 2.11. The molecule has 1 aliphatic carbocycles. The van der Waals surface area contributed by atoms with Gasteiger partial charge in [-0.2, -0.15) is 0 Å². The molecule has 1 aliphatic rings. The molecule has 0 unspecified atom stereocenters. The molecule has 0 aromatic carbocycles. The van der Waals surface area contributed by atoms with Gasteiger partial charge in [-0.1, -0.05) is 31.5 Å². The molecule has 1 heterocycles. The molecule has 0 aliphatic heterocycles. The third kappa shape index (κ3) is 1.67. The van der Waals surface area contributed by atoms with E-state index in [4.69, 9.17) is 11.6 Å². The van der Waals surface area contributed by atoms with Gasteiger partial charge in [-0.15, -0.1) is 0 Å². The predicted octanol–water partition coefficient (Wildman–Crippen LogP) is 2.89. The fourth-order valence-corrected chi connectivity index (χ4v) is 2.09. The van der Waals surface area contributed by atoms with E-state index in [1.807, 2.05) is 6.07 Å². The van der Waals surface area contributed by atoms with Crippen LogP contribution in [0.1, 0.15) is 36.3 Å². The fourth-order valence-electron chi connectivity index (χ4n) is 1.94. The number of carbonyl (C=O) groups is 1. The number of aromatic nitrogens is 1. The van der Waals surface area contributed by atoms with Crippen LogP contribution in [0, 0.1) is 5.41 Å². The van der Waals surface area contributed by atoms with E-state index in [-0.39, 0.29) is 11.2 Å². The number of hydrogen-bond acceptors (Lipinski definition) is 2. The molecule has 74 valence electrons. The van der Waals surface area contributed by atoms with Crippen LogP contribution in [0.25, 0.3) is 0 Å². The summed E-state index contributed by atoms with van der Waals surface area (Å²) >= 11 is 5.75. The van der Waals surface area contributed by atoms with E-state index in [1.165, 1.54) is 0 Å². The van der Waals surface area contributed by atoms with Crippen molar-refractivity contribution < 1.29 is 4.79 Å². The second-order valence-corrected chi connectivity index (χ2v) is 4.97. The van der Waals surface area contributed by atoms with Gasteiger partial charge in [0.2, 0.25) is 0 Å². The Hall–Kier alpha value is -0.890. The molecule has 0 fully saturated rings. The molecule has 14 heavy (non-hydrogen) atoms. The molecule has 1 aromatic heterocycles. The van der Waals surface area contributed by atoms with E-state index < -0.39 is 0 Å². The summed E-state index contributed by atoms with van der Waals surface area (Å²) in [5.41, 5.74) is 1.65. The molecule has 0 N–H and O–H groups in total. The first-order valence-electron chi connectivity index (χ1n) is 4.67. The number of hydrogen-bond donors (Lipinski definition) is 0. The summed E-state index contributed by atoms with van der Waals surface area (Å²) in [6.45, 7) is 4.20. The predicted molar refractivity (Wildman–Crippen MR) is 55.7 cm³/mol. The largest absolute Gasteiger partial charge is 0.292 e. The second kappa shape index (κ2) is 3.06. The Balaban J connectivity index is 2.50. The van der Waals surface area contributed by atoms with Crippen molar-refractivity contribution >= 4 is 17.4 Å². The van der Waals surface area contributed by atoms with Crippen molar-refractivity contribution in [2.24, 2.45) is 5.41 Å². The first-order valence-corrected chi connectivity index (χ1v) is 5.04. The van der Waals surface area contributed by atoms with Gasteiger partial charge in [-0.05, 0) is 23.5 Å². The maximum atomic E-state index is 11.7. The summed E-state index contributed by atoms with van der Waals surface area (Å²) in [4.78, 5) is 15.8. The maximum Gasteiger partial charge on any atom is 0.182 e. The summed E-state index contributed by atoms with van der Waals surface area (Å²) < 4.78 is 0. The van der Waals surface area contributed by atoms with Crippen molar-refractivity contribution in [3.05, 3.63) is 28.5 Å². The lowest BCUT2D eigenvalue weighted by molar-refractivity contribution is 0.0906. The number of pyridine rings is 1. The van der Waals surface area contributed by atoms with Crippen molar-refractivity contribution in [1.29, 1.82) is 0 Å². The molecule has 0 spiro atoms. The topological polar surface area (TPSA) is 30.0 Å². The minimum atomic E-state index is 0.0552. The Morgan fingerprint density at radius 1 is 1.36 bits per heavy atom. The summed E-state index contributed by atoms with van der Waals surface area (Å²) in [7, 11) is 0. The van der Waals surface area contributed by atoms with Crippen molar-refractivity contribution in [3.63, 3.8) is 0 Å². The second-order valence-electron chi connectivity index (χ2n) is 4.58. The van der Waals surface area contributed by atoms with Crippen LogP contribution in [0.3, 0.4) is 0 Å². The lowest BCUT2D eigenvalue weighted by Crippen LogP contribution is -2.27. The molecule has 0 amide bonds. The van der Waals surface area contributed by atoms with Crippen LogP contribution in [0.5, 0.6) is 0 Å². The van der Waals surface area contributed by atoms with E-state index in [0.29, 0.717) is 17.3 Å². The third-order valence-corrected chi connectivity index (χ3v) is 2.73. The van der Waals surface area contributed by atoms with Gasteiger partial charge in [-0.25, -0.2) is 4.98 Å². The zero-order valence-corrected chi connectivity index (χ0v) is 9.06. The van der Waals surface area contributed by atoms with Crippen molar-refractivity contribution in [2.75, 3.05) is 0 Å².